The van der Waals surface area contributed by atoms with Crippen LogP contribution in [-0.2, 0) is 11.3 Å². The molecule has 19 heavy (non-hydrogen) atoms. The van der Waals surface area contributed by atoms with Crippen molar-refractivity contribution in [3.8, 4) is 0 Å². The molecule has 2 rings (SSSR count). The van der Waals surface area contributed by atoms with Crippen molar-refractivity contribution in [2.75, 3.05) is 26.2 Å². The van der Waals surface area contributed by atoms with Crippen LogP contribution >= 0.6 is 0 Å². The summed E-state index contributed by atoms with van der Waals surface area (Å²) in [5.41, 5.74) is 9.61. The Morgan fingerprint density at radius 2 is 1.79 bits per heavy atom. The molecule has 0 spiro atoms. The molecule has 1 aromatic rings. The van der Waals surface area contributed by atoms with E-state index in [4.69, 9.17) is 10.5 Å². The second-order valence-electron chi connectivity index (χ2n) is 5.63. The Kier molecular flexibility index (Phi) is 5.37. The van der Waals surface area contributed by atoms with Gasteiger partial charge in [-0.1, -0.05) is 29.3 Å². The van der Waals surface area contributed by atoms with E-state index in [-0.39, 0.29) is 0 Å². The van der Waals surface area contributed by atoms with Gasteiger partial charge in [0.05, 0.1) is 12.7 Å². The Labute approximate surface area is 116 Å². The molecule has 3 nitrogen and oxygen atoms in total. The number of aryl methyl sites for hydroxylation is 2. The lowest BCUT2D eigenvalue weighted by Crippen LogP contribution is -2.37. The third-order valence-electron chi connectivity index (χ3n) is 3.69. The van der Waals surface area contributed by atoms with Crippen molar-refractivity contribution in [3.05, 3.63) is 34.9 Å². The van der Waals surface area contributed by atoms with Gasteiger partial charge in [0.1, 0.15) is 0 Å². The van der Waals surface area contributed by atoms with Gasteiger partial charge < -0.3 is 10.5 Å². The van der Waals surface area contributed by atoms with Crippen LogP contribution < -0.4 is 5.73 Å². The van der Waals surface area contributed by atoms with E-state index in [1.807, 2.05) is 0 Å². The predicted molar refractivity (Wildman–Crippen MR) is 79.2 cm³/mol. The number of benzene rings is 1. The van der Waals surface area contributed by atoms with E-state index < -0.39 is 0 Å². The number of likely N-dealkylation sites (tertiary alicyclic amines) is 1. The molecule has 1 heterocycles. The standard InChI is InChI=1S/C16H26N2O/c1-13-9-14(2)11-15(10-13)12-18-6-3-16(4-7-18)19-8-5-17/h9-11,16H,3-8,12,17H2,1-2H3. The first-order valence-corrected chi connectivity index (χ1v) is 7.28. The van der Waals surface area contributed by atoms with Crippen molar-refractivity contribution in [2.24, 2.45) is 5.73 Å². The van der Waals surface area contributed by atoms with Crippen LogP contribution in [0.2, 0.25) is 0 Å². The molecular formula is C16H26N2O. The quantitative estimate of drug-likeness (QED) is 0.884. The van der Waals surface area contributed by atoms with Crippen LogP contribution in [0.5, 0.6) is 0 Å². The molecule has 2 N–H and O–H groups in total. The molecule has 3 heteroatoms. The Bertz CT molecular complexity index is 377. The van der Waals surface area contributed by atoms with Gasteiger partial charge in [-0.3, -0.25) is 4.90 Å². The van der Waals surface area contributed by atoms with Gasteiger partial charge in [-0.15, -0.1) is 0 Å². The maximum atomic E-state index is 5.72. The van der Waals surface area contributed by atoms with Gasteiger partial charge in [-0.05, 0) is 32.3 Å². The number of ether oxygens (including phenoxy) is 1. The molecule has 0 radical (unpaired) electrons. The lowest BCUT2D eigenvalue weighted by molar-refractivity contribution is 0.00978. The number of nitrogens with zero attached hydrogens (tertiary/aromatic N) is 1. The van der Waals surface area contributed by atoms with E-state index in [1.165, 1.54) is 16.7 Å². The zero-order valence-electron chi connectivity index (χ0n) is 12.2. The van der Waals surface area contributed by atoms with Gasteiger partial charge in [0.15, 0.2) is 0 Å². The molecule has 0 bridgehead atoms. The maximum Gasteiger partial charge on any atom is 0.0600 e. The third-order valence-corrected chi connectivity index (χ3v) is 3.69. The highest BCUT2D eigenvalue weighted by molar-refractivity contribution is 5.28. The summed E-state index contributed by atoms with van der Waals surface area (Å²) in [6.07, 6.45) is 2.68. The van der Waals surface area contributed by atoms with Gasteiger partial charge >= 0.3 is 0 Å². The van der Waals surface area contributed by atoms with Gasteiger partial charge in [0.2, 0.25) is 0 Å². The lowest BCUT2D eigenvalue weighted by atomic mass is 10.0. The normalized spacial score (nSPS) is 17.8. The molecule has 0 aromatic heterocycles. The second-order valence-corrected chi connectivity index (χ2v) is 5.63. The molecule has 0 amide bonds. The smallest absolute Gasteiger partial charge is 0.0600 e. The summed E-state index contributed by atoms with van der Waals surface area (Å²) in [4.78, 5) is 2.52. The molecule has 1 aliphatic rings. The lowest BCUT2D eigenvalue weighted by Gasteiger charge is -2.32. The Hall–Kier alpha value is -0.900. The fourth-order valence-electron chi connectivity index (χ4n) is 2.89. The predicted octanol–water partition coefficient (Wildman–Crippen LogP) is 2.24. The molecule has 1 aliphatic heterocycles. The second kappa shape index (κ2) is 7.04. The first-order chi connectivity index (χ1) is 9.17. The van der Waals surface area contributed by atoms with E-state index in [2.05, 4.69) is 36.9 Å². The average molecular weight is 262 g/mol. The van der Waals surface area contributed by atoms with Crippen molar-refractivity contribution in [2.45, 2.75) is 39.3 Å². The number of hydrogen-bond donors (Lipinski definition) is 1. The topological polar surface area (TPSA) is 38.5 Å². The summed E-state index contributed by atoms with van der Waals surface area (Å²) in [6.45, 7) is 8.98. The van der Waals surface area contributed by atoms with E-state index >= 15 is 0 Å². The van der Waals surface area contributed by atoms with Crippen LogP contribution in [0.4, 0.5) is 0 Å². The highest BCUT2D eigenvalue weighted by Gasteiger charge is 2.19. The van der Waals surface area contributed by atoms with Crippen LogP contribution in [0.25, 0.3) is 0 Å². The first-order valence-electron chi connectivity index (χ1n) is 7.28. The average Bonchev–Trinajstić information content (AvgIpc) is 2.37. The number of nitrogens with two attached hydrogens (primary N) is 1. The van der Waals surface area contributed by atoms with Crippen LogP contribution in [-0.4, -0.2) is 37.2 Å². The largest absolute Gasteiger partial charge is 0.377 e. The molecule has 0 aliphatic carbocycles. The summed E-state index contributed by atoms with van der Waals surface area (Å²) < 4.78 is 5.72. The van der Waals surface area contributed by atoms with Crippen LogP contribution in [0.1, 0.15) is 29.5 Å². The monoisotopic (exact) mass is 262 g/mol. The third kappa shape index (κ3) is 4.60. The van der Waals surface area contributed by atoms with E-state index in [0.29, 0.717) is 19.3 Å². The van der Waals surface area contributed by atoms with Crippen LogP contribution in [0.3, 0.4) is 0 Å². The van der Waals surface area contributed by atoms with Gasteiger partial charge in [-0.2, -0.15) is 0 Å². The van der Waals surface area contributed by atoms with Crippen molar-refractivity contribution >= 4 is 0 Å². The minimum atomic E-state index is 0.416. The zero-order valence-corrected chi connectivity index (χ0v) is 12.2. The molecule has 0 saturated carbocycles. The van der Waals surface area contributed by atoms with Crippen molar-refractivity contribution in [1.29, 1.82) is 0 Å². The summed E-state index contributed by atoms with van der Waals surface area (Å²) in [6, 6.07) is 6.82. The number of hydrogen-bond acceptors (Lipinski definition) is 3. The zero-order chi connectivity index (χ0) is 13.7. The fourth-order valence-corrected chi connectivity index (χ4v) is 2.89. The van der Waals surface area contributed by atoms with Gasteiger partial charge in [-0.25, -0.2) is 0 Å². The molecule has 0 unspecified atom stereocenters. The molecule has 106 valence electrons. The highest BCUT2D eigenvalue weighted by Crippen LogP contribution is 2.17. The molecule has 1 aromatic carbocycles. The summed E-state index contributed by atoms with van der Waals surface area (Å²) in [5.74, 6) is 0. The molecular weight excluding hydrogens is 236 g/mol. The Morgan fingerprint density at radius 1 is 1.16 bits per heavy atom. The van der Waals surface area contributed by atoms with Gasteiger partial charge in [0.25, 0.3) is 0 Å². The Balaban J connectivity index is 1.82. The van der Waals surface area contributed by atoms with Crippen molar-refractivity contribution < 1.29 is 4.74 Å². The first kappa shape index (κ1) is 14.5. The highest BCUT2D eigenvalue weighted by atomic mass is 16.5. The van der Waals surface area contributed by atoms with E-state index in [0.717, 1.165) is 32.5 Å². The molecule has 1 saturated heterocycles. The van der Waals surface area contributed by atoms with Gasteiger partial charge in [0, 0.05) is 26.2 Å². The molecule has 0 atom stereocenters. The fraction of sp³-hybridized carbons (Fsp3) is 0.625. The SMILES string of the molecule is Cc1cc(C)cc(CN2CCC(OCCN)CC2)c1. The van der Waals surface area contributed by atoms with Crippen molar-refractivity contribution in [1.82, 2.24) is 4.90 Å². The number of rotatable bonds is 5. The van der Waals surface area contributed by atoms with Crippen LogP contribution in [0, 0.1) is 13.8 Å². The summed E-state index contributed by atoms with van der Waals surface area (Å²) in [5, 5.41) is 0. The minimum absolute atomic E-state index is 0.416. The Morgan fingerprint density at radius 3 is 2.37 bits per heavy atom. The minimum Gasteiger partial charge on any atom is -0.377 e. The molecule has 1 fully saturated rings. The van der Waals surface area contributed by atoms with Crippen LogP contribution in [0.15, 0.2) is 18.2 Å². The maximum absolute atomic E-state index is 5.72. The summed E-state index contributed by atoms with van der Waals surface area (Å²) >= 11 is 0. The van der Waals surface area contributed by atoms with E-state index in [9.17, 15) is 0 Å². The van der Waals surface area contributed by atoms with E-state index in [1.54, 1.807) is 0 Å². The number of piperidine rings is 1. The van der Waals surface area contributed by atoms with Crippen molar-refractivity contribution in [3.63, 3.8) is 0 Å². The summed E-state index contributed by atoms with van der Waals surface area (Å²) in [7, 11) is 0.